The van der Waals surface area contributed by atoms with Crippen molar-refractivity contribution in [2.75, 3.05) is 13.1 Å². The summed E-state index contributed by atoms with van der Waals surface area (Å²) in [4.78, 5) is 19.5. The van der Waals surface area contributed by atoms with Crippen LogP contribution in [0.4, 0.5) is 0 Å². The molecule has 0 aromatic carbocycles. The Morgan fingerprint density at radius 1 is 1.30 bits per heavy atom. The fourth-order valence-corrected chi connectivity index (χ4v) is 4.04. The molecule has 1 saturated heterocycles. The third-order valence-electron chi connectivity index (χ3n) is 4.57. The number of carbonyl (C=O) groups excluding carboxylic acids is 1. The zero-order chi connectivity index (χ0) is 15.8. The lowest BCUT2D eigenvalue weighted by atomic mass is 9.93. The van der Waals surface area contributed by atoms with Crippen LogP contribution < -0.4 is 0 Å². The molecule has 0 bridgehead atoms. The fraction of sp³-hybridized carbons (Fsp3) is 0.562. The van der Waals surface area contributed by atoms with Crippen LogP contribution in [0, 0.1) is 5.92 Å². The van der Waals surface area contributed by atoms with Crippen LogP contribution in [0.1, 0.15) is 53.0 Å². The lowest BCUT2D eigenvalue weighted by molar-refractivity contribution is 0.0694. The van der Waals surface area contributed by atoms with Crippen molar-refractivity contribution in [3.8, 4) is 0 Å². The molecular formula is C16H18ClN3O2S. The van der Waals surface area contributed by atoms with E-state index in [1.807, 2.05) is 4.90 Å². The van der Waals surface area contributed by atoms with E-state index in [-0.39, 0.29) is 5.91 Å². The van der Waals surface area contributed by atoms with Gasteiger partial charge in [-0.3, -0.25) is 4.79 Å². The molecule has 1 saturated carbocycles. The zero-order valence-corrected chi connectivity index (χ0v) is 14.3. The van der Waals surface area contributed by atoms with E-state index >= 15 is 0 Å². The summed E-state index contributed by atoms with van der Waals surface area (Å²) in [6, 6.07) is 3.58. The molecule has 122 valence electrons. The van der Waals surface area contributed by atoms with Crippen molar-refractivity contribution in [2.45, 2.75) is 38.0 Å². The number of hydrogen-bond donors (Lipinski definition) is 0. The third kappa shape index (κ3) is 3.43. The van der Waals surface area contributed by atoms with Crippen molar-refractivity contribution in [3.05, 3.63) is 33.1 Å². The average Bonchev–Trinajstić information content (AvgIpc) is 3.16. The topological polar surface area (TPSA) is 59.2 Å². The zero-order valence-electron chi connectivity index (χ0n) is 12.7. The van der Waals surface area contributed by atoms with Crippen LogP contribution in [-0.4, -0.2) is 34.0 Å². The largest absolute Gasteiger partial charge is 0.339 e. The van der Waals surface area contributed by atoms with Gasteiger partial charge in [-0.2, -0.15) is 4.98 Å². The van der Waals surface area contributed by atoms with Crippen LogP contribution in [0.15, 0.2) is 16.7 Å². The highest BCUT2D eigenvalue weighted by atomic mass is 35.5. The minimum absolute atomic E-state index is 0.0935. The maximum atomic E-state index is 12.4. The lowest BCUT2D eigenvalue weighted by Crippen LogP contribution is -2.38. The summed E-state index contributed by atoms with van der Waals surface area (Å²) in [5, 5.41) is 4.10. The highest BCUT2D eigenvalue weighted by molar-refractivity contribution is 7.17. The molecule has 0 N–H and O–H groups in total. The number of nitrogens with zero attached hydrogens (tertiary/aromatic N) is 3. The van der Waals surface area contributed by atoms with Crippen LogP contribution in [0.2, 0.25) is 4.34 Å². The lowest BCUT2D eigenvalue weighted by Gasteiger charge is -2.31. The Hall–Kier alpha value is -1.40. The number of hydrogen-bond acceptors (Lipinski definition) is 5. The monoisotopic (exact) mass is 351 g/mol. The van der Waals surface area contributed by atoms with Gasteiger partial charge in [-0.1, -0.05) is 16.8 Å². The molecule has 2 aromatic rings. The molecule has 3 heterocycles. The molecule has 0 radical (unpaired) electrons. The minimum atomic E-state index is 0.0935. The average molecular weight is 352 g/mol. The molecule has 1 aliphatic heterocycles. The Balaban J connectivity index is 1.30. The van der Waals surface area contributed by atoms with Crippen LogP contribution in [0.25, 0.3) is 0 Å². The second-order valence-electron chi connectivity index (χ2n) is 6.37. The SMILES string of the molecule is O=C(c1ccc(Cl)s1)N1CCC(Cc2noc(C3CC3)n2)CC1. The van der Waals surface area contributed by atoms with Gasteiger partial charge in [-0.15, -0.1) is 11.3 Å². The summed E-state index contributed by atoms with van der Waals surface area (Å²) in [5.74, 6) is 2.75. The summed E-state index contributed by atoms with van der Waals surface area (Å²) in [5.41, 5.74) is 0. The minimum Gasteiger partial charge on any atom is -0.339 e. The smallest absolute Gasteiger partial charge is 0.263 e. The maximum Gasteiger partial charge on any atom is 0.263 e. The third-order valence-corrected chi connectivity index (χ3v) is 5.79. The molecule has 1 amide bonds. The Labute approximate surface area is 143 Å². The van der Waals surface area contributed by atoms with Gasteiger partial charge in [0.1, 0.15) is 0 Å². The summed E-state index contributed by atoms with van der Waals surface area (Å²) < 4.78 is 5.97. The molecule has 5 nitrogen and oxygen atoms in total. The Morgan fingerprint density at radius 3 is 2.74 bits per heavy atom. The first-order chi connectivity index (χ1) is 11.2. The van der Waals surface area contributed by atoms with E-state index in [1.54, 1.807) is 12.1 Å². The molecule has 2 aliphatic rings. The van der Waals surface area contributed by atoms with E-state index in [2.05, 4.69) is 10.1 Å². The molecule has 0 unspecified atom stereocenters. The van der Waals surface area contributed by atoms with Gasteiger partial charge in [0.2, 0.25) is 5.89 Å². The van der Waals surface area contributed by atoms with Crippen molar-refractivity contribution < 1.29 is 9.32 Å². The predicted octanol–water partition coefficient (Wildman–Crippen LogP) is 3.76. The molecule has 1 aliphatic carbocycles. The van der Waals surface area contributed by atoms with Gasteiger partial charge >= 0.3 is 0 Å². The highest BCUT2D eigenvalue weighted by Gasteiger charge is 2.30. The number of amides is 1. The normalized spacial score (nSPS) is 19.3. The highest BCUT2D eigenvalue weighted by Crippen LogP contribution is 2.39. The van der Waals surface area contributed by atoms with E-state index in [9.17, 15) is 4.79 Å². The van der Waals surface area contributed by atoms with Gasteiger partial charge < -0.3 is 9.42 Å². The first-order valence-electron chi connectivity index (χ1n) is 8.06. The molecule has 0 atom stereocenters. The van der Waals surface area contributed by atoms with Crippen molar-refractivity contribution in [1.82, 2.24) is 15.0 Å². The second-order valence-corrected chi connectivity index (χ2v) is 8.08. The molecular weight excluding hydrogens is 334 g/mol. The summed E-state index contributed by atoms with van der Waals surface area (Å²) in [6.07, 6.45) is 5.17. The van der Waals surface area contributed by atoms with E-state index in [0.717, 1.165) is 48.9 Å². The first-order valence-corrected chi connectivity index (χ1v) is 9.25. The van der Waals surface area contributed by atoms with Crippen molar-refractivity contribution >= 4 is 28.8 Å². The van der Waals surface area contributed by atoms with Crippen molar-refractivity contribution in [2.24, 2.45) is 5.92 Å². The van der Waals surface area contributed by atoms with E-state index < -0.39 is 0 Å². The summed E-state index contributed by atoms with van der Waals surface area (Å²) in [7, 11) is 0. The van der Waals surface area contributed by atoms with Crippen LogP contribution in [0.3, 0.4) is 0 Å². The van der Waals surface area contributed by atoms with Crippen LogP contribution >= 0.6 is 22.9 Å². The van der Waals surface area contributed by atoms with E-state index in [1.165, 1.54) is 24.2 Å². The second kappa shape index (κ2) is 6.24. The number of piperidine rings is 1. The van der Waals surface area contributed by atoms with Gasteiger partial charge in [0, 0.05) is 25.4 Å². The molecule has 2 fully saturated rings. The molecule has 7 heteroatoms. The van der Waals surface area contributed by atoms with Crippen molar-refractivity contribution in [3.63, 3.8) is 0 Å². The predicted molar refractivity (Wildman–Crippen MR) is 87.9 cm³/mol. The first kappa shape index (κ1) is 15.1. The van der Waals surface area contributed by atoms with Gasteiger partial charge in [0.05, 0.1) is 9.21 Å². The number of aromatic nitrogens is 2. The molecule has 23 heavy (non-hydrogen) atoms. The number of rotatable bonds is 4. The quantitative estimate of drug-likeness (QED) is 0.841. The Bertz CT molecular complexity index is 702. The standard InChI is InChI=1S/C16H18ClN3O2S/c17-13-4-3-12(23-13)16(21)20-7-5-10(6-8-20)9-14-18-15(22-19-14)11-1-2-11/h3-4,10-11H,1-2,5-9H2. The van der Waals surface area contributed by atoms with Gasteiger partial charge in [0.15, 0.2) is 5.82 Å². The Morgan fingerprint density at radius 2 is 2.09 bits per heavy atom. The van der Waals surface area contributed by atoms with Gasteiger partial charge in [-0.05, 0) is 43.7 Å². The fourth-order valence-electron chi connectivity index (χ4n) is 3.03. The van der Waals surface area contributed by atoms with Crippen LogP contribution in [-0.2, 0) is 6.42 Å². The maximum absolute atomic E-state index is 12.4. The van der Waals surface area contributed by atoms with Crippen molar-refractivity contribution in [1.29, 1.82) is 0 Å². The molecule has 4 rings (SSSR count). The van der Waals surface area contributed by atoms with E-state index in [0.29, 0.717) is 16.2 Å². The Kier molecular flexibility index (Phi) is 4.11. The number of halogens is 1. The van der Waals surface area contributed by atoms with Gasteiger partial charge in [-0.25, -0.2) is 0 Å². The van der Waals surface area contributed by atoms with E-state index in [4.69, 9.17) is 16.1 Å². The number of carbonyl (C=O) groups is 1. The molecule has 0 spiro atoms. The van der Waals surface area contributed by atoms with Gasteiger partial charge in [0.25, 0.3) is 5.91 Å². The summed E-state index contributed by atoms with van der Waals surface area (Å²) >= 11 is 7.26. The summed E-state index contributed by atoms with van der Waals surface area (Å²) in [6.45, 7) is 1.57. The number of thiophene rings is 1. The number of likely N-dealkylation sites (tertiary alicyclic amines) is 1. The molecule has 2 aromatic heterocycles. The van der Waals surface area contributed by atoms with Crippen LogP contribution in [0.5, 0.6) is 0 Å².